The fourth-order valence-electron chi connectivity index (χ4n) is 4.63. The number of aromatic nitrogens is 3. The van der Waals surface area contributed by atoms with E-state index < -0.39 is 0 Å². The topological polar surface area (TPSA) is 68.1 Å². The molecule has 6 nitrogen and oxygen atoms in total. The second kappa shape index (κ2) is 6.71. The van der Waals surface area contributed by atoms with Gasteiger partial charge in [-0.1, -0.05) is 18.2 Å². The first-order valence-corrected chi connectivity index (χ1v) is 9.54. The van der Waals surface area contributed by atoms with Gasteiger partial charge in [0.05, 0.1) is 0 Å². The number of likely N-dealkylation sites (tertiary alicyclic amines) is 1. The number of piperidine rings is 1. The molecule has 0 unspecified atom stereocenters. The molecular formula is C22H20N4O2. The van der Waals surface area contributed by atoms with Gasteiger partial charge in [-0.05, 0) is 30.5 Å². The summed E-state index contributed by atoms with van der Waals surface area (Å²) in [6.07, 6.45) is 6.04. The van der Waals surface area contributed by atoms with E-state index in [1.54, 1.807) is 18.5 Å². The van der Waals surface area contributed by atoms with E-state index in [-0.39, 0.29) is 17.4 Å². The normalized spacial score (nSPS) is 20.5. The van der Waals surface area contributed by atoms with E-state index in [1.807, 2.05) is 45.9 Å². The molecule has 2 bridgehead atoms. The number of hydrogen-bond acceptors (Lipinski definition) is 4. The molecule has 1 fully saturated rings. The molecule has 2 aliphatic rings. The van der Waals surface area contributed by atoms with Gasteiger partial charge in [-0.25, -0.2) is 9.97 Å². The number of benzene rings is 1. The molecule has 2 aromatic heterocycles. The zero-order valence-corrected chi connectivity index (χ0v) is 15.4. The minimum atomic E-state index is 0.0214. The summed E-state index contributed by atoms with van der Waals surface area (Å²) in [7, 11) is 0. The Morgan fingerprint density at radius 1 is 0.964 bits per heavy atom. The van der Waals surface area contributed by atoms with E-state index >= 15 is 0 Å². The molecule has 6 heteroatoms. The SMILES string of the molecule is O=C(c1ccccc1)N1C[C@H]2C[C@H](C1)c1c(-c3cncnc3)ccc(=O)n1C2. The minimum absolute atomic E-state index is 0.0214. The smallest absolute Gasteiger partial charge is 0.253 e. The summed E-state index contributed by atoms with van der Waals surface area (Å²) >= 11 is 0. The van der Waals surface area contributed by atoms with Crippen LogP contribution in [-0.2, 0) is 6.54 Å². The van der Waals surface area contributed by atoms with Crippen LogP contribution in [0.1, 0.15) is 28.4 Å². The predicted molar refractivity (Wildman–Crippen MR) is 105 cm³/mol. The molecule has 3 aromatic rings. The van der Waals surface area contributed by atoms with Crippen molar-refractivity contribution in [2.45, 2.75) is 18.9 Å². The van der Waals surface area contributed by atoms with Crippen molar-refractivity contribution in [3.05, 3.63) is 82.8 Å². The Morgan fingerprint density at radius 2 is 1.75 bits per heavy atom. The van der Waals surface area contributed by atoms with Gasteiger partial charge < -0.3 is 9.47 Å². The molecule has 0 saturated carbocycles. The maximum atomic E-state index is 13.0. The first-order valence-electron chi connectivity index (χ1n) is 9.54. The van der Waals surface area contributed by atoms with Crippen LogP contribution in [0.15, 0.2) is 66.0 Å². The number of carbonyl (C=O) groups is 1. The number of hydrogen-bond donors (Lipinski definition) is 0. The highest BCUT2D eigenvalue weighted by Crippen LogP contribution is 2.39. The number of amides is 1. The third-order valence-electron chi connectivity index (χ3n) is 5.77. The fraction of sp³-hybridized carbons (Fsp3) is 0.273. The van der Waals surface area contributed by atoms with Gasteiger partial charge in [-0.15, -0.1) is 0 Å². The lowest BCUT2D eigenvalue weighted by Crippen LogP contribution is -2.49. The molecule has 28 heavy (non-hydrogen) atoms. The van der Waals surface area contributed by atoms with E-state index in [0.29, 0.717) is 31.1 Å². The Morgan fingerprint density at radius 3 is 2.54 bits per heavy atom. The molecule has 1 amide bonds. The Hall–Kier alpha value is -3.28. The van der Waals surface area contributed by atoms with E-state index in [4.69, 9.17) is 0 Å². The molecule has 5 rings (SSSR count). The first-order chi connectivity index (χ1) is 13.7. The van der Waals surface area contributed by atoms with Crippen molar-refractivity contribution in [2.24, 2.45) is 5.92 Å². The van der Waals surface area contributed by atoms with Crippen LogP contribution < -0.4 is 5.56 Å². The molecule has 0 spiro atoms. The van der Waals surface area contributed by atoms with Crippen LogP contribution in [0.2, 0.25) is 0 Å². The molecule has 0 aliphatic carbocycles. The number of nitrogens with zero attached hydrogens (tertiary/aromatic N) is 4. The highest BCUT2D eigenvalue weighted by molar-refractivity contribution is 5.94. The molecule has 0 radical (unpaired) electrons. The minimum Gasteiger partial charge on any atom is -0.338 e. The highest BCUT2D eigenvalue weighted by atomic mass is 16.2. The number of carbonyl (C=O) groups excluding carboxylic acids is 1. The summed E-state index contributed by atoms with van der Waals surface area (Å²) in [5.74, 6) is 0.481. The molecule has 1 saturated heterocycles. The molecule has 140 valence electrons. The van der Waals surface area contributed by atoms with Crippen LogP contribution in [0.25, 0.3) is 11.1 Å². The van der Waals surface area contributed by atoms with E-state index in [0.717, 1.165) is 23.2 Å². The lowest BCUT2D eigenvalue weighted by Gasteiger charge is -2.43. The zero-order valence-electron chi connectivity index (χ0n) is 15.4. The standard InChI is InChI=1S/C22H20N4O2/c27-20-7-6-19(18-9-23-14-24-10-18)21-17-8-15(12-26(20)21)11-25(13-17)22(28)16-4-2-1-3-5-16/h1-7,9-10,14-15,17H,8,11-13H2/t15-,17-/m1/s1. The zero-order chi connectivity index (χ0) is 19.1. The Balaban J connectivity index is 1.55. The fourth-order valence-corrected chi connectivity index (χ4v) is 4.63. The van der Waals surface area contributed by atoms with Gasteiger partial charge in [0, 0.05) is 66.4 Å². The monoisotopic (exact) mass is 372 g/mol. The van der Waals surface area contributed by atoms with Crippen molar-refractivity contribution in [3.63, 3.8) is 0 Å². The number of fused-ring (bicyclic) bond motifs is 4. The van der Waals surface area contributed by atoms with Crippen molar-refractivity contribution >= 4 is 5.91 Å². The van der Waals surface area contributed by atoms with Crippen molar-refractivity contribution in [3.8, 4) is 11.1 Å². The van der Waals surface area contributed by atoms with E-state index in [2.05, 4.69) is 9.97 Å². The highest BCUT2D eigenvalue weighted by Gasteiger charge is 2.38. The number of pyridine rings is 1. The van der Waals surface area contributed by atoms with Gasteiger partial charge in [0.1, 0.15) is 6.33 Å². The average Bonchev–Trinajstić information content (AvgIpc) is 2.75. The van der Waals surface area contributed by atoms with Gasteiger partial charge >= 0.3 is 0 Å². The molecule has 0 N–H and O–H groups in total. The Bertz CT molecular complexity index is 1080. The summed E-state index contributed by atoms with van der Waals surface area (Å²) in [5, 5.41) is 0. The second-order valence-corrected chi connectivity index (χ2v) is 7.58. The molecule has 1 aromatic carbocycles. The van der Waals surface area contributed by atoms with Crippen LogP contribution in [0.3, 0.4) is 0 Å². The van der Waals surface area contributed by atoms with Crippen molar-refractivity contribution in [1.82, 2.24) is 19.4 Å². The van der Waals surface area contributed by atoms with Gasteiger partial charge in [0.15, 0.2) is 0 Å². The van der Waals surface area contributed by atoms with Crippen molar-refractivity contribution in [2.75, 3.05) is 13.1 Å². The van der Waals surface area contributed by atoms with Gasteiger partial charge in [-0.2, -0.15) is 0 Å². The lowest BCUT2D eigenvalue weighted by molar-refractivity contribution is 0.0595. The van der Waals surface area contributed by atoms with Crippen molar-refractivity contribution < 1.29 is 4.79 Å². The summed E-state index contributed by atoms with van der Waals surface area (Å²) in [5.41, 5.74) is 3.62. The molecule has 4 heterocycles. The first kappa shape index (κ1) is 16.9. The summed E-state index contributed by atoms with van der Waals surface area (Å²) in [6, 6.07) is 12.9. The van der Waals surface area contributed by atoms with Gasteiger partial charge in [0.25, 0.3) is 11.5 Å². The summed E-state index contributed by atoms with van der Waals surface area (Å²) in [4.78, 5) is 35.8. The quantitative estimate of drug-likeness (QED) is 0.693. The largest absolute Gasteiger partial charge is 0.338 e. The predicted octanol–water partition coefficient (Wildman–Crippen LogP) is 2.56. The van der Waals surface area contributed by atoms with E-state index in [1.165, 1.54) is 6.33 Å². The van der Waals surface area contributed by atoms with Crippen LogP contribution in [0.5, 0.6) is 0 Å². The number of rotatable bonds is 2. The Labute approximate surface area is 162 Å². The van der Waals surface area contributed by atoms with Gasteiger partial charge in [0.2, 0.25) is 0 Å². The molecular weight excluding hydrogens is 352 g/mol. The molecule has 2 atom stereocenters. The molecule has 2 aliphatic heterocycles. The van der Waals surface area contributed by atoms with Crippen LogP contribution in [0, 0.1) is 5.92 Å². The third-order valence-corrected chi connectivity index (χ3v) is 5.77. The Kier molecular flexibility index (Phi) is 4.04. The van der Waals surface area contributed by atoms with Crippen LogP contribution in [-0.4, -0.2) is 38.4 Å². The van der Waals surface area contributed by atoms with Crippen LogP contribution >= 0.6 is 0 Å². The van der Waals surface area contributed by atoms with Crippen molar-refractivity contribution in [1.29, 1.82) is 0 Å². The van der Waals surface area contributed by atoms with Crippen LogP contribution in [0.4, 0.5) is 0 Å². The van der Waals surface area contributed by atoms with E-state index in [9.17, 15) is 9.59 Å². The summed E-state index contributed by atoms with van der Waals surface area (Å²) < 4.78 is 1.89. The maximum Gasteiger partial charge on any atom is 0.253 e. The average molecular weight is 372 g/mol. The third kappa shape index (κ3) is 2.81. The van der Waals surface area contributed by atoms with Gasteiger partial charge in [-0.3, -0.25) is 9.59 Å². The second-order valence-electron chi connectivity index (χ2n) is 7.58. The summed E-state index contributed by atoms with van der Waals surface area (Å²) in [6.45, 7) is 1.95. The lowest BCUT2D eigenvalue weighted by atomic mass is 9.80. The maximum absolute atomic E-state index is 13.0.